The fourth-order valence-corrected chi connectivity index (χ4v) is 5.24. The Morgan fingerprint density at radius 2 is 1.84 bits per heavy atom. The molecule has 1 saturated heterocycles. The Balaban J connectivity index is 0.00000212. The number of aromatic amines is 1. The lowest BCUT2D eigenvalue weighted by Crippen LogP contribution is -2.33. The fourth-order valence-electron chi connectivity index (χ4n) is 5.24. The van der Waals surface area contributed by atoms with Crippen LogP contribution in [0.15, 0.2) is 66.9 Å². The standard InChI is InChI=1S/C32H35N7O2.2ClH/c1-2-7-30(40)34-24-9-6-8-22(18-24)31-36-29-13-11-26(41-17-16-39-14-4-3-5-15-39)20-27(29)32(37-31)35-25-10-12-28-23(19-25)21-33-38-28;;/h6,8-13,18-21H,2-5,7,14-17H2,1H3,(H,33,38)(H,34,40)(H,35,36,37);2*1H. The van der Waals surface area contributed by atoms with E-state index >= 15 is 0 Å². The number of ether oxygens (including phenoxy) is 1. The zero-order valence-electron chi connectivity index (χ0n) is 24.1. The van der Waals surface area contributed by atoms with E-state index in [1.165, 1.54) is 19.3 Å². The number of H-pyrrole nitrogens is 1. The summed E-state index contributed by atoms with van der Waals surface area (Å²) in [6, 6.07) is 19.6. The quantitative estimate of drug-likeness (QED) is 0.149. The maximum atomic E-state index is 12.2. The number of halogens is 2. The van der Waals surface area contributed by atoms with E-state index in [1.807, 2.05) is 67.6 Å². The van der Waals surface area contributed by atoms with Gasteiger partial charge in [-0.05, 0) is 80.9 Å². The lowest BCUT2D eigenvalue weighted by atomic mass is 10.1. The molecule has 1 amide bonds. The normalized spacial score (nSPS) is 13.2. The van der Waals surface area contributed by atoms with E-state index in [0.29, 0.717) is 24.7 Å². The number of carbonyl (C=O) groups excluding carboxylic acids is 1. The number of nitrogens with zero attached hydrogens (tertiary/aromatic N) is 4. The summed E-state index contributed by atoms with van der Waals surface area (Å²) in [7, 11) is 0. The van der Waals surface area contributed by atoms with Gasteiger partial charge in [0.2, 0.25) is 5.91 Å². The number of hydrogen-bond donors (Lipinski definition) is 3. The van der Waals surface area contributed by atoms with Gasteiger partial charge in [0.25, 0.3) is 0 Å². The van der Waals surface area contributed by atoms with Crippen LogP contribution >= 0.6 is 24.8 Å². The average Bonchev–Trinajstić information content (AvgIpc) is 3.46. The van der Waals surface area contributed by atoms with Crippen molar-refractivity contribution in [2.24, 2.45) is 0 Å². The van der Waals surface area contributed by atoms with Crippen molar-refractivity contribution in [1.29, 1.82) is 0 Å². The molecule has 0 bridgehead atoms. The van der Waals surface area contributed by atoms with Gasteiger partial charge in [0.15, 0.2) is 5.82 Å². The Bertz CT molecular complexity index is 1670. The van der Waals surface area contributed by atoms with Crippen molar-refractivity contribution in [1.82, 2.24) is 25.1 Å². The van der Waals surface area contributed by atoms with Crippen LogP contribution in [-0.4, -0.2) is 57.2 Å². The molecule has 1 aliphatic heterocycles. The van der Waals surface area contributed by atoms with Crippen LogP contribution in [0.3, 0.4) is 0 Å². The largest absolute Gasteiger partial charge is 0.492 e. The van der Waals surface area contributed by atoms with Gasteiger partial charge in [-0.25, -0.2) is 9.97 Å². The molecule has 3 heterocycles. The van der Waals surface area contributed by atoms with Crippen LogP contribution in [0.5, 0.6) is 5.75 Å². The molecule has 5 aromatic rings. The second-order valence-electron chi connectivity index (χ2n) is 10.5. The first-order valence-corrected chi connectivity index (χ1v) is 14.4. The van der Waals surface area contributed by atoms with Crippen molar-refractivity contribution >= 4 is 69.7 Å². The number of hydrogen-bond acceptors (Lipinski definition) is 7. The number of nitrogens with one attached hydrogen (secondary N) is 3. The van der Waals surface area contributed by atoms with Crippen LogP contribution in [0.25, 0.3) is 33.2 Å². The molecule has 3 N–H and O–H groups in total. The van der Waals surface area contributed by atoms with E-state index in [-0.39, 0.29) is 30.7 Å². The Morgan fingerprint density at radius 3 is 2.67 bits per heavy atom. The molecule has 1 fully saturated rings. The molecule has 6 rings (SSSR count). The summed E-state index contributed by atoms with van der Waals surface area (Å²) < 4.78 is 6.18. The van der Waals surface area contributed by atoms with Gasteiger partial charge < -0.3 is 15.4 Å². The third-order valence-corrected chi connectivity index (χ3v) is 7.38. The lowest BCUT2D eigenvalue weighted by Gasteiger charge is -2.26. The topological polar surface area (TPSA) is 108 Å². The minimum atomic E-state index is -0.00566. The monoisotopic (exact) mass is 621 g/mol. The molecule has 0 saturated carbocycles. The van der Waals surface area contributed by atoms with Crippen LogP contribution in [0, 0.1) is 0 Å². The molecule has 0 radical (unpaired) electrons. The van der Waals surface area contributed by atoms with Gasteiger partial charge >= 0.3 is 0 Å². The fraction of sp³-hybridized carbons (Fsp3) is 0.312. The van der Waals surface area contributed by atoms with Gasteiger partial charge in [0, 0.05) is 40.7 Å². The molecule has 2 aromatic heterocycles. The van der Waals surface area contributed by atoms with Crippen molar-refractivity contribution < 1.29 is 9.53 Å². The summed E-state index contributed by atoms with van der Waals surface area (Å²) in [5.41, 5.74) is 4.20. The Morgan fingerprint density at radius 1 is 0.977 bits per heavy atom. The number of rotatable bonds is 10. The van der Waals surface area contributed by atoms with Crippen LogP contribution in [-0.2, 0) is 4.79 Å². The molecule has 0 atom stereocenters. The first kappa shape index (κ1) is 32.0. The van der Waals surface area contributed by atoms with Gasteiger partial charge in [-0.3, -0.25) is 14.8 Å². The number of anilines is 3. The number of carbonyl (C=O) groups is 1. The van der Waals surface area contributed by atoms with Gasteiger partial charge in [0.05, 0.1) is 17.2 Å². The maximum Gasteiger partial charge on any atom is 0.224 e. The molecule has 226 valence electrons. The van der Waals surface area contributed by atoms with Gasteiger partial charge in [-0.2, -0.15) is 5.10 Å². The number of likely N-dealkylation sites (tertiary alicyclic amines) is 1. The maximum absolute atomic E-state index is 12.2. The van der Waals surface area contributed by atoms with E-state index in [2.05, 4.69) is 25.7 Å². The summed E-state index contributed by atoms with van der Waals surface area (Å²) in [4.78, 5) is 24.5. The zero-order valence-corrected chi connectivity index (χ0v) is 25.8. The SMILES string of the molecule is CCCC(=O)Nc1cccc(-c2nc(Nc3ccc4[nH]ncc4c3)c3cc(OCCN4CCCCC4)ccc3n2)c1.Cl.Cl. The second kappa shape index (κ2) is 15.0. The predicted molar refractivity (Wildman–Crippen MR) is 178 cm³/mol. The van der Waals surface area contributed by atoms with E-state index in [4.69, 9.17) is 14.7 Å². The highest BCUT2D eigenvalue weighted by molar-refractivity contribution is 5.95. The lowest BCUT2D eigenvalue weighted by molar-refractivity contribution is -0.116. The highest BCUT2D eigenvalue weighted by Gasteiger charge is 2.14. The predicted octanol–water partition coefficient (Wildman–Crippen LogP) is 7.36. The van der Waals surface area contributed by atoms with Crippen LogP contribution in [0.4, 0.5) is 17.2 Å². The molecule has 1 aliphatic rings. The highest BCUT2D eigenvalue weighted by Crippen LogP contribution is 2.31. The van der Waals surface area contributed by atoms with Gasteiger partial charge in [0.1, 0.15) is 18.2 Å². The Hall–Kier alpha value is -3.92. The van der Waals surface area contributed by atoms with Gasteiger partial charge in [-0.1, -0.05) is 25.5 Å². The van der Waals surface area contributed by atoms with Crippen LogP contribution in [0.2, 0.25) is 0 Å². The van der Waals surface area contributed by atoms with E-state index < -0.39 is 0 Å². The smallest absolute Gasteiger partial charge is 0.224 e. The summed E-state index contributed by atoms with van der Waals surface area (Å²) in [6.45, 7) is 5.85. The first-order chi connectivity index (χ1) is 20.1. The molecule has 0 aliphatic carbocycles. The molecule has 0 unspecified atom stereocenters. The van der Waals surface area contributed by atoms with Crippen molar-refractivity contribution in [2.45, 2.75) is 39.0 Å². The third kappa shape index (κ3) is 7.93. The number of fused-ring (bicyclic) bond motifs is 2. The summed E-state index contributed by atoms with van der Waals surface area (Å²) in [5, 5.41) is 15.5. The minimum Gasteiger partial charge on any atom is -0.492 e. The van der Waals surface area contributed by atoms with Crippen LogP contribution < -0.4 is 15.4 Å². The van der Waals surface area contributed by atoms with Crippen molar-refractivity contribution in [3.05, 3.63) is 66.9 Å². The molecule has 11 heteroatoms. The summed E-state index contributed by atoms with van der Waals surface area (Å²) >= 11 is 0. The second-order valence-corrected chi connectivity index (χ2v) is 10.5. The Kier molecular flexibility index (Phi) is 11.2. The van der Waals surface area contributed by atoms with E-state index in [1.54, 1.807) is 6.20 Å². The number of benzene rings is 3. The minimum absolute atomic E-state index is 0. The molecular weight excluding hydrogens is 585 g/mol. The zero-order chi connectivity index (χ0) is 28.0. The summed E-state index contributed by atoms with van der Waals surface area (Å²) in [6.07, 6.45) is 6.94. The summed E-state index contributed by atoms with van der Waals surface area (Å²) in [5.74, 6) is 2.03. The average molecular weight is 623 g/mol. The van der Waals surface area contributed by atoms with Crippen molar-refractivity contribution in [3.8, 4) is 17.1 Å². The molecular formula is C32H37Cl2N7O2. The molecule has 43 heavy (non-hydrogen) atoms. The third-order valence-electron chi connectivity index (χ3n) is 7.38. The highest BCUT2D eigenvalue weighted by atomic mass is 35.5. The number of aromatic nitrogens is 4. The number of piperidine rings is 1. The molecule has 0 spiro atoms. The molecule has 9 nitrogen and oxygen atoms in total. The van der Waals surface area contributed by atoms with E-state index in [0.717, 1.165) is 70.5 Å². The first-order valence-electron chi connectivity index (χ1n) is 14.4. The van der Waals surface area contributed by atoms with Crippen molar-refractivity contribution in [2.75, 3.05) is 36.9 Å². The number of amides is 1. The Labute approximate surface area is 263 Å². The van der Waals surface area contributed by atoms with Crippen LogP contribution in [0.1, 0.15) is 39.0 Å². The van der Waals surface area contributed by atoms with Crippen molar-refractivity contribution in [3.63, 3.8) is 0 Å². The molecule has 3 aromatic carbocycles. The van der Waals surface area contributed by atoms with Gasteiger partial charge in [-0.15, -0.1) is 24.8 Å². The van der Waals surface area contributed by atoms with E-state index in [9.17, 15) is 4.79 Å².